The molecule has 0 aliphatic carbocycles. The fourth-order valence-electron chi connectivity index (χ4n) is 1.89. The fourth-order valence-corrected chi connectivity index (χ4v) is 2.95. The number of rotatable bonds is 6. The molecule has 2 aromatic rings. The van der Waals surface area contributed by atoms with E-state index in [1.165, 1.54) is 31.3 Å². The van der Waals surface area contributed by atoms with Crippen LogP contribution >= 0.6 is 0 Å². The largest absolute Gasteiger partial charge is 0.452 e. The van der Waals surface area contributed by atoms with Crippen LogP contribution in [0.2, 0.25) is 0 Å². The van der Waals surface area contributed by atoms with Crippen molar-refractivity contribution in [2.24, 2.45) is 0 Å². The number of benzene rings is 2. The molecule has 0 atom stereocenters. The Kier molecular flexibility index (Phi) is 5.76. The van der Waals surface area contributed by atoms with Crippen LogP contribution in [-0.2, 0) is 19.6 Å². The second kappa shape index (κ2) is 7.80. The first-order chi connectivity index (χ1) is 11.8. The van der Waals surface area contributed by atoms with Gasteiger partial charge in [-0.05, 0) is 43.3 Å². The van der Waals surface area contributed by atoms with Crippen molar-refractivity contribution in [2.75, 3.05) is 18.4 Å². The Morgan fingerprint density at radius 3 is 2.16 bits per heavy atom. The number of anilines is 1. The molecule has 2 rings (SSSR count). The van der Waals surface area contributed by atoms with Crippen molar-refractivity contribution in [1.29, 1.82) is 0 Å². The van der Waals surface area contributed by atoms with Crippen LogP contribution in [0.3, 0.4) is 0 Å². The molecular formula is C17H18N2O5S. The third-order valence-electron chi connectivity index (χ3n) is 3.32. The van der Waals surface area contributed by atoms with Crippen LogP contribution in [0.5, 0.6) is 0 Å². The Morgan fingerprint density at radius 2 is 1.60 bits per heavy atom. The Bertz CT molecular complexity index is 859. The van der Waals surface area contributed by atoms with Gasteiger partial charge >= 0.3 is 5.97 Å². The minimum Gasteiger partial charge on any atom is -0.452 e. The second-order valence-electron chi connectivity index (χ2n) is 5.25. The van der Waals surface area contributed by atoms with E-state index in [1.807, 2.05) is 6.92 Å². The van der Waals surface area contributed by atoms with E-state index < -0.39 is 28.5 Å². The molecular weight excluding hydrogens is 344 g/mol. The number of likely N-dealkylation sites (N-methyl/N-ethyl adjacent to an activating group) is 1. The predicted molar refractivity (Wildman–Crippen MR) is 92.8 cm³/mol. The number of sulfonamides is 1. The van der Waals surface area contributed by atoms with Gasteiger partial charge in [-0.15, -0.1) is 0 Å². The summed E-state index contributed by atoms with van der Waals surface area (Å²) in [5.74, 6) is -1.14. The predicted octanol–water partition coefficient (Wildman–Crippen LogP) is 1.70. The van der Waals surface area contributed by atoms with E-state index >= 15 is 0 Å². The molecule has 0 spiro atoms. The van der Waals surface area contributed by atoms with Gasteiger partial charge in [0.05, 0.1) is 10.5 Å². The smallest absolute Gasteiger partial charge is 0.338 e. The van der Waals surface area contributed by atoms with E-state index in [-0.39, 0.29) is 10.5 Å². The summed E-state index contributed by atoms with van der Waals surface area (Å²) in [4.78, 5) is 22.8. The summed E-state index contributed by atoms with van der Waals surface area (Å²) in [6.07, 6.45) is 0. The Hall–Kier alpha value is -2.87. The lowest BCUT2D eigenvalue weighted by atomic mass is 10.2. The van der Waals surface area contributed by atoms with E-state index in [1.54, 1.807) is 24.3 Å². The van der Waals surface area contributed by atoms with Crippen LogP contribution in [0.15, 0.2) is 53.4 Å². The zero-order valence-electron chi connectivity index (χ0n) is 13.8. The Balaban J connectivity index is 2.08. The fraction of sp³-hybridized carbons (Fsp3) is 0.176. The van der Waals surface area contributed by atoms with Crippen molar-refractivity contribution in [3.8, 4) is 0 Å². The number of aryl methyl sites for hydroxylation is 1. The van der Waals surface area contributed by atoms with E-state index in [0.717, 1.165) is 5.56 Å². The van der Waals surface area contributed by atoms with Gasteiger partial charge in [0.25, 0.3) is 15.9 Å². The topological polar surface area (TPSA) is 102 Å². The molecule has 0 fully saturated rings. The Morgan fingerprint density at radius 1 is 1.00 bits per heavy atom. The molecule has 1 amide bonds. The molecule has 0 bridgehead atoms. The summed E-state index contributed by atoms with van der Waals surface area (Å²) in [5, 5.41) is 2.32. The number of hydrogen-bond acceptors (Lipinski definition) is 5. The molecule has 7 nitrogen and oxygen atoms in total. The molecule has 0 heterocycles. The first-order valence-electron chi connectivity index (χ1n) is 7.39. The van der Waals surface area contributed by atoms with Gasteiger partial charge in [-0.25, -0.2) is 13.2 Å². The maximum atomic E-state index is 12.3. The number of esters is 1. The molecule has 0 aliphatic heterocycles. The summed E-state index contributed by atoms with van der Waals surface area (Å²) >= 11 is 0. The van der Waals surface area contributed by atoms with Crippen LogP contribution in [0.25, 0.3) is 0 Å². The molecule has 0 saturated carbocycles. The van der Waals surface area contributed by atoms with Crippen LogP contribution in [-0.4, -0.2) is 33.9 Å². The van der Waals surface area contributed by atoms with Crippen LogP contribution in [0.1, 0.15) is 15.9 Å². The Labute approximate surface area is 146 Å². The van der Waals surface area contributed by atoms with E-state index in [2.05, 4.69) is 10.0 Å². The van der Waals surface area contributed by atoms with E-state index in [0.29, 0.717) is 5.69 Å². The number of amides is 1. The lowest BCUT2D eigenvalue weighted by Gasteiger charge is -2.09. The average molecular weight is 362 g/mol. The molecule has 0 saturated heterocycles. The molecule has 2 aromatic carbocycles. The third kappa shape index (κ3) is 5.05. The van der Waals surface area contributed by atoms with Gasteiger partial charge in [-0.3, -0.25) is 9.52 Å². The first-order valence-corrected chi connectivity index (χ1v) is 8.87. The third-order valence-corrected chi connectivity index (χ3v) is 4.71. The van der Waals surface area contributed by atoms with Crippen molar-refractivity contribution < 1.29 is 22.7 Å². The van der Waals surface area contributed by atoms with E-state index in [4.69, 9.17) is 4.74 Å². The summed E-state index contributed by atoms with van der Waals surface area (Å²) in [7, 11) is -2.34. The molecule has 0 radical (unpaired) electrons. The van der Waals surface area contributed by atoms with Gasteiger partial charge in [0, 0.05) is 12.7 Å². The highest BCUT2D eigenvalue weighted by molar-refractivity contribution is 7.92. The minimum absolute atomic E-state index is 0.0101. The highest BCUT2D eigenvalue weighted by Crippen LogP contribution is 2.17. The summed E-state index contributed by atoms with van der Waals surface area (Å²) in [6.45, 7) is 1.50. The number of hydrogen-bond donors (Lipinski definition) is 2. The van der Waals surface area contributed by atoms with Gasteiger partial charge in [0.2, 0.25) is 0 Å². The molecule has 25 heavy (non-hydrogen) atoms. The summed E-state index contributed by atoms with van der Waals surface area (Å²) < 4.78 is 31.9. The van der Waals surface area contributed by atoms with Gasteiger partial charge in [-0.1, -0.05) is 17.7 Å². The second-order valence-corrected chi connectivity index (χ2v) is 6.93. The standard InChI is InChI=1S/C17H18N2O5S/c1-12-3-7-14(8-4-12)19-25(22,23)15-9-5-13(6-10-15)17(21)24-11-16(20)18-2/h3-10,19H,11H2,1-2H3,(H,18,20). The minimum atomic E-state index is -3.76. The number of nitrogens with one attached hydrogen (secondary N) is 2. The summed E-state index contributed by atoms with van der Waals surface area (Å²) in [5.41, 5.74) is 1.61. The lowest BCUT2D eigenvalue weighted by Crippen LogP contribution is -2.25. The van der Waals surface area contributed by atoms with Crippen molar-refractivity contribution in [3.05, 3.63) is 59.7 Å². The van der Waals surface area contributed by atoms with Gasteiger partial charge in [0.1, 0.15) is 0 Å². The molecule has 0 unspecified atom stereocenters. The van der Waals surface area contributed by atoms with Gasteiger partial charge in [0.15, 0.2) is 6.61 Å². The maximum Gasteiger partial charge on any atom is 0.338 e. The highest BCUT2D eigenvalue weighted by atomic mass is 32.2. The highest BCUT2D eigenvalue weighted by Gasteiger charge is 2.16. The van der Waals surface area contributed by atoms with Crippen LogP contribution < -0.4 is 10.0 Å². The summed E-state index contributed by atoms with van der Waals surface area (Å²) in [6, 6.07) is 12.2. The van der Waals surface area contributed by atoms with Crippen molar-refractivity contribution in [3.63, 3.8) is 0 Å². The van der Waals surface area contributed by atoms with Gasteiger partial charge < -0.3 is 10.1 Å². The van der Waals surface area contributed by atoms with Crippen LogP contribution in [0, 0.1) is 6.92 Å². The molecule has 0 aliphatic rings. The molecule has 2 N–H and O–H groups in total. The number of ether oxygens (including phenoxy) is 1. The van der Waals surface area contributed by atoms with Crippen molar-refractivity contribution in [2.45, 2.75) is 11.8 Å². The van der Waals surface area contributed by atoms with E-state index in [9.17, 15) is 18.0 Å². The van der Waals surface area contributed by atoms with Crippen molar-refractivity contribution in [1.82, 2.24) is 5.32 Å². The van der Waals surface area contributed by atoms with Crippen LogP contribution in [0.4, 0.5) is 5.69 Å². The zero-order chi connectivity index (χ0) is 18.4. The SMILES string of the molecule is CNC(=O)COC(=O)c1ccc(S(=O)(=O)Nc2ccc(C)cc2)cc1. The molecule has 132 valence electrons. The molecule has 0 aromatic heterocycles. The van der Waals surface area contributed by atoms with Gasteiger partial charge in [-0.2, -0.15) is 0 Å². The quantitative estimate of drug-likeness (QED) is 0.762. The lowest BCUT2D eigenvalue weighted by molar-refractivity contribution is -0.123. The maximum absolute atomic E-state index is 12.3. The number of carbonyl (C=O) groups excluding carboxylic acids is 2. The number of carbonyl (C=O) groups is 2. The monoisotopic (exact) mass is 362 g/mol. The normalized spacial score (nSPS) is 10.8. The first kappa shape index (κ1) is 18.5. The van der Waals surface area contributed by atoms with Crippen molar-refractivity contribution >= 4 is 27.6 Å². The molecule has 8 heteroatoms. The average Bonchev–Trinajstić information content (AvgIpc) is 2.61. The zero-order valence-corrected chi connectivity index (χ0v) is 14.6.